The number of allylic oxidation sites excluding steroid dienone is 1. The predicted molar refractivity (Wildman–Crippen MR) is 69.1 cm³/mol. The van der Waals surface area contributed by atoms with E-state index in [1.165, 1.54) is 5.56 Å². The Bertz CT molecular complexity index is 338. The third-order valence-electron chi connectivity index (χ3n) is 1.75. The molecule has 0 saturated carbocycles. The van der Waals surface area contributed by atoms with Crippen LogP contribution in [0.15, 0.2) is 35.3 Å². The molecule has 0 aromatic heterocycles. The van der Waals surface area contributed by atoms with E-state index in [4.69, 9.17) is 5.73 Å². The molecule has 0 bridgehead atoms. The zero-order valence-electron chi connectivity index (χ0n) is 9.99. The van der Waals surface area contributed by atoms with Crippen LogP contribution in [0.4, 0.5) is 0 Å². The Labute approximate surface area is 92.5 Å². The van der Waals surface area contributed by atoms with Gasteiger partial charge >= 0.3 is 0 Å². The minimum Gasteiger partial charge on any atom is -0.398 e. The maximum Gasteiger partial charge on any atom is 0.0403 e. The van der Waals surface area contributed by atoms with Crippen LogP contribution in [0.25, 0.3) is 5.70 Å². The van der Waals surface area contributed by atoms with Gasteiger partial charge < -0.3 is 5.73 Å². The van der Waals surface area contributed by atoms with Crippen molar-refractivity contribution in [1.29, 1.82) is 0 Å². The van der Waals surface area contributed by atoms with E-state index in [-0.39, 0.29) is 0 Å². The molecule has 2 nitrogen and oxygen atoms in total. The average molecular weight is 204 g/mol. The highest BCUT2D eigenvalue weighted by Gasteiger charge is 1.94. The maximum absolute atomic E-state index is 5.82. The molecule has 0 spiro atoms. The zero-order chi connectivity index (χ0) is 11.7. The number of aliphatic imine (C=N–C) groups is 1. The molecule has 0 aliphatic rings. The summed E-state index contributed by atoms with van der Waals surface area (Å²) < 4.78 is 0. The van der Waals surface area contributed by atoms with E-state index in [0.29, 0.717) is 0 Å². The zero-order valence-corrected chi connectivity index (χ0v) is 9.99. The van der Waals surface area contributed by atoms with E-state index in [1.807, 2.05) is 39.0 Å². The van der Waals surface area contributed by atoms with Crippen LogP contribution in [-0.4, -0.2) is 13.3 Å². The van der Waals surface area contributed by atoms with Gasteiger partial charge in [-0.3, -0.25) is 4.99 Å². The SMILES string of the molecule is CC.CN=C/C=C(\N)c1cccc(C)c1. The van der Waals surface area contributed by atoms with Gasteiger partial charge in [0.1, 0.15) is 0 Å². The molecule has 2 N–H and O–H groups in total. The summed E-state index contributed by atoms with van der Waals surface area (Å²) in [4.78, 5) is 3.84. The largest absolute Gasteiger partial charge is 0.398 e. The van der Waals surface area contributed by atoms with Crippen molar-refractivity contribution in [2.45, 2.75) is 20.8 Å². The van der Waals surface area contributed by atoms with Gasteiger partial charge in [0.05, 0.1) is 0 Å². The van der Waals surface area contributed by atoms with E-state index in [2.05, 4.69) is 11.1 Å². The van der Waals surface area contributed by atoms with Gasteiger partial charge in [-0.25, -0.2) is 0 Å². The number of hydrogen-bond donors (Lipinski definition) is 1. The number of benzene rings is 1. The number of rotatable bonds is 2. The van der Waals surface area contributed by atoms with E-state index in [1.54, 1.807) is 19.3 Å². The molecule has 0 aliphatic heterocycles. The molecule has 1 rings (SSSR count). The first kappa shape index (κ1) is 13.4. The lowest BCUT2D eigenvalue weighted by Gasteiger charge is -2.00. The van der Waals surface area contributed by atoms with Gasteiger partial charge in [0.15, 0.2) is 0 Å². The van der Waals surface area contributed by atoms with E-state index in [9.17, 15) is 0 Å². The highest BCUT2D eigenvalue weighted by Crippen LogP contribution is 2.09. The molecule has 1 aromatic rings. The minimum absolute atomic E-state index is 0.745. The molecule has 1 aromatic carbocycles. The van der Waals surface area contributed by atoms with Crippen molar-refractivity contribution >= 4 is 11.9 Å². The number of nitrogens with two attached hydrogens (primary N) is 1. The van der Waals surface area contributed by atoms with Crippen molar-refractivity contribution in [1.82, 2.24) is 0 Å². The minimum atomic E-state index is 0.745. The summed E-state index contributed by atoms with van der Waals surface area (Å²) in [5.41, 5.74) is 8.82. The number of nitrogens with zero attached hydrogens (tertiary/aromatic N) is 1. The number of aryl methyl sites for hydroxylation is 1. The van der Waals surface area contributed by atoms with Crippen molar-refractivity contribution < 1.29 is 0 Å². The van der Waals surface area contributed by atoms with Gasteiger partial charge in [-0.2, -0.15) is 0 Å². The van der Waals surface area contributed by atoms with Crippen LogP contribution in [0.1, 0.15) is 25.0 Å². The summed E-state index contributed by atoms with van der Waals surface area (Å²) in [5.74, 6) is 0. The Kier molecular flexibility index (Phi) is 6.98. The molecule has 0 heterocycles. The van der Waals surface area contributed by atoms with Gasteiger partial charge in [0, 0.05) is 19.0 Å². The fraction of sp³-hybridized carbons (Fsp3) is 0.308. The van der Waals surface area contributed by atoms with Gasteiger partial charge in [0.25, 0.3) is 0 Å². The van der Waals surface area contributed by atoms with Crippen LogP contribution in [0.5, 0.6) is 0 Å². The summed E-state index contributed by atoms with van der Waals surface area (Å²) in [5, 5.41) is 0. The van der Waals surface area contributed by atoms with Crippen LogP contribution in [0.3, 0.4) is 0 Å². The molecule has 82 valence electrons. The monoisotopic (exact) mass is 204 g/mol. The summed E-state index contributed by atoms with van der Waals surface area (Å²) in [6.45, 7) is 6.05. The van der Waals surface area contributed by atoms with E-state index in [0.717, 1.165) is 11.3 Å². The Balaban J connectivity index is 0.000000921. The lowest BCUT2D eigenvalue weighted by molar-refractivity contribution is 1.42. The fourth-order valence-corrected chi connectivity index (χ4v) is 1.08. The molecule has 0 radical (unpaired) electrons. The third kappa shape index (κ3) is 5.01. The molecular weight excluding hydrogens is 184 g/mol. The van der Waals surface area contributed by atoms with Crippen molar-refractivity contribution in [2.24, 2.45) is 10.7 Å². The van der Waals surface area contributed by atoms with Crippen LogP contribution in [-0.2, 0) is 0 Å². The molecule has 0 unspecified atom stereocenters. The molecule has 0 atom stereocenters. The summed E-state index contributed by atoms with van der Waals surface area (Å²) in [6.07, 6.45) is 3.49. The first-order valence-electron chi connectivity index (χ1n) is 5.19. The quantitative estimate of drug-likeness (QED) is 0.739. The van der Waals surface area contributed by atoms with Gasteiger partial charge in [-0.15, -0.1) is 0 Å². The standard InChI is InChI=1S/C11H14N2.C2H6/c1-9-4-3-5-10(8-9)11(12)6-7-13-2;1-2/h3-8H,12H2,1-2H3;1-2H3/b11-6-,13-7?;. The molecule has 0 saturated heterocycles. The summed E-state index contributed by atoms with van der Waals surface area (Å²) in [7, 11) is 1.72. The van der Waals surface area contributed by atoms with Gasteiger partial charge in [-0.1, -0.05) is 37.6 Å². The van der Waals surface area contributed by atoms with Crippen molar-refractivity contribution in [3.8, 4) is 0 Å². The highest BCUT2D eigenvalue weighted by molar-refractivity contribution is 5.83. The highest BCUT2D eigenvalue weighted by atomic mass is 14.6. The second-order valence-corrected chi connectivity index (χ2v) is 2.90. The summed E-state index contributed by atoms with van der Waals surface area (Å²) >= 11 is 0. The Hall–Kier alpha value is -1.57. The van der Waals surface area contributed by atoms with E-state index < -0.39 is 0 Å². The lowest BCUT2D eigenvalue weighted by atomic mass is 10.1. The second kappa shape index (κ2) is 7.80. The number of hydrogen-bond acceptors (Lipinski definition) is 2. The molecule has 0 amide bonds. The third-order valence-corrected chi connectivity index (χ3v) is 1.75. The van der Waals surface area contributed by atoms with E-state index >= 15 is 0 Å². The molecular formula is C13H20N2. The Morgan fingerprint density at radius 2 is 2.00 bits per heavy atom. The van der Waals surface area contributed by atoms with Crippen LogP contribution in [0.2, 0.25) is 0 Å². The molecule has 2 heteroatoms. The fourth-order valence-electron chi connectivity index (χ4n) is 1.08. The normalized spacial score (nSPS) is 11.1. The van der Waals surface area contributed by atoms with Gasteiger partial charge in [0.2, 0.25) is 0 Å². The van der Waals surface area contributed by atoms with Crippen molar-refractivity contribution in [2.75, 3.05) is 7.05 Å². The van der Waals surface area contributed by atoms with Crippen molar-refractivity contribution in [3.63, 3.8) is 0 Å². The smallest absolute Gasteiger partial charge is 0.0403 e. The maximum atomic E-state index is 5.82. The second-order valence-electron chi connectivity index (χ2n) is 2.90. The predicted octanol–water partition coefficient (Wildman–Crippen LogP) is 3.02. The first-order chi connectivity index (χ1) is 7.24. The van der Waals surface area contributed by atoms with Crippen molar-refractivity contribution in [3.05, 3.63) is 41.5 Å². The topological polar surface area (TPSA) is 38.4 Å². The molecule has 0 fully saturated rings. The average Bonchev–Trinajstić information content (AvgIpc) is 2.28. The first-order valence-corrected chi connectivity index (χ1v) is 5.19. The summed E-state index contributed by atoms with van der Waals surface area (Å²) in [6, 6.07) is 8.08. The van der Waals surface area contributed by atoms with Crippen LogP contribution in [0, 0.1) is 6.92 Å². The lowest BCUT2D eigenvalue weighted by Crippen LogP contribution is -1.96. The Morgan fingerprint density at radius 3 is 2.53 bits per heavy atom. The van der Waals surface area contributed by atoms with Crippen LogP contribution < -0.4 is 5.73 Å². The van der Waals surface area contributed by atoms with Crippen LogP contribution >= 0.6 is 0 Å². The molecule has 0 aliphatic carbocycles. The molecule has 15 heavy (non-hydrogen) atoms. The van der Waals surface area contributed by atoms with Gasteiger partial charge in [-0.05, 0) is 24.6 Å². The Morgan fingerprint density at radius 1 is 1.33 bits per heavy atom.